The first-order valence-electron chi connectivity index (χ1n) is 12.8. The van der Waals surface area contributed by atoms with Gasteiger partial charge in [0.1, 0.15) is 11.4 Å². The van der Waals surface area contributed by atoms with Crippen LogP contribution in [0, 0.1) is 6.92 Å². The van der Waals surface area contributed by atoms with Crippen molar-refractivity contribution in [2.45, 2.75) is 64.6 Å². The van der Waals surface area contributed by atoms with Gasteiger partial charge in [-0.3, -0.25) is 9.48 Å². The number of aryl methyl sites for hydroxylation is 2. The zero-order valence-corrected chi connectivity index (χ0v) is 23.0. The molecule has 1 aliphatic rings. The van der Waals surface area contributed by atoms with Crippen molar-refractivity contribution >= 4 is 27.9 Å². The Morgan fingerprint density at radius 1 is 1.24 bits per heavy atom. The van der Waals surface area contributed by atoms with Crippen LogP contribution >= 0.6 is 0 Å². The molecule has 0 radical (unpaired) electrons. The maximum atomic E-state index is 13.5. The number of hydrogen-bond acceptors (Lipinski definition) is 7. The highest BCUT2D eigenvalue weighted by atomic mass is 16.6. The third-order valence-corrected chi connectivity index (χ3v) is 7.22. The Bertz CT molecular complexity index is 1600. The van der Waals surface area contributed by atoms with Crippen molar-refractivity contribution in [3.63, 3.8) is 0 Å². The number of pyridine rings is 1. The largest absolute Gasteiger partial charge is 0.496 e. The molecule has 38 heavy (non-hydrogen) atoms. The summed E-state index contributed by atoms with van der Waals surface area (Å²) in [5.41, 5.74) is 2.41. The van der Waals surface area contributed by atoms with E-state index in [4.69, 9.17) is 14.5 Å². The molecule has 4 aromatic rings. The fraction of sp³-hybridized carbons (Fsp3) is 0.464. The standard InChI is InChI=1S/C28H34N6O4/c1-16-23-17(15-32(5)31-23)12-20(24(16)37-7)25-29-14-21-22(30-25)10-11-34(26(21)35)19-9-8-18(13-19)33(6)27(36)38-28(2,3)4/h10-12,14-15,18-19H,8-9,13H2,1-7H3/t18-,19+/m1/s1. The Kier molecular flexibility index (Phi) is 6.36. The summed E-state index contributed by atoms with van der Waals surface area (Å²) in [5.74, 6) is 1.15. The Morgan fingerprint density at radius 2 is 2.00 bits per heavy atom. The fourth-order valence-corrected chi connectivity index (χ4v) is 5.35. The lowest BCUT2D eigenvalue weighted by Crippen LogP contribution is -2.39. The summed E-state index contributed by atoms with van der Waals surface area (Å²) in [5, 5.41) is 5.95. The van der Waals surface area contributed by atoms with Crippen LogP contribution in [0.3, 0.4) is 0 Å². The van der Waals surface area contributed by atoms with Gasteiger partial charge in [0.2, 0.25) is 0 Å². The van der Waals surface area contributed by atoms with E-state index in [9.17, 15) is 9.59 Å². The minimum Gasteiger partial charge on any atom is -0.496 e. The quantitative estimate of drug-likeness (QED) is 0.388. The summed E-state index contributed by atoms with van der Waals surface area (Å²) in [6.45, 7) is 7.53. The Labute approximate surface area is 221 Å². The first-order chi connectivity index (χ1) is 18.0. The predicted molar refractivity (Wildman–Crippen MR) is 145 cm³/mol. The van der Waals surface area contributed by atoms with Crippen molar-refractivity contribution in [2.75, 3.05) is 14.2 Å². The molecule has 2 atom stereocenters. The van der Waals surface area contributed by atoms with Gasteiger partial charge in [-0.15, -0.1) is 0 Å². The van der Waals surface area contributed by atoms with E-state index in [-0.39, 0.29) is 23.7 Å². The Hall–Kier alpha value is -3.95. The van der Waals surface area contributed by atoms with Crippen molar-refractivity contribution in [3.05, 3.63) is 46.6 Å². The van der Waals surface area contributed by atoms with Crippen LogP contribution in [0.2, 0.25) is 0 Å². The second kappa shape index (κ2) is 9.41. The van der Waals surface area contributed by atoms with E-state index < -0.39 is 5.60 Å². The van der Waals surface area contributed by atoms with Crippen LogP contribution in [-0.4, -0.2) is 61.1 Å². The van der Waals surface area contributed by atoms with Gasteiger partial charge in [0.05, 0.1) is 29.1 Å². The van der Waals surface area contributed by atoms with Crippen molar-refractivity contribution in [2.24, 2.45) is 7.05 Å². The van der Waals surface area contributed by atoms with Crippen LogP contribution in [-0.2, 0) is 11.8 Å². The highest BCUT2D eigenvalue weighted by molar-refractivity contribution is 5.91. The third kappa shape index (κ3) is 4.59. The molecule has 5 rings (SSSR count). The van der Waals surface area contributed by atoms with Gasteiger partial charge in [0, 0.05) is 55.7 Å². The molecule has 3 aromatic heterocycles. The number of amides is 1. The van der Waals surface area contributed by atoms with Gasteiger partial charge in [-0.1, -0.05) is 0 Å². The molecule has 1 fully saturated rings. The summed E-state index contributed by atoms with van der Waals surface area (Å²) < 4.78 is 14.7. The van der Waals surface area contributed by atoms with Gasteiger partial charge in [-0.2, -0.15) is 5.10 Å². The van der Waals surface area contributed by atoms with Crippen LogP contribution < -0.4 is 10.3 Å². The molecule has 0 saturated heterocycles. The number of carbonyl (C=O) groups excluding carboxylic acids is 1. The summed E-state index contributed by atoms with van der Waals surface area (Å²) in [7, 11) is 5.26. The van der Waals surface area contributed by atoms with E-state index in [0.29, 0.717) is 28.9 Å². The van der Waals surface area contributed by atoms with E-state index in [1.165, 1.54) is 0 Å². The molecule has 200 valence electrons. The summed E-state index contributed by atoms with van der Waals surface area (Å²) in [6, 6.07) is 3.82. The minimum atomic E-state index is -0.552. The Balaban J connectivity index is 1.44. The normalized spacial score (nSPS) is 17.8. The number of methoxy groups -OCH3 is 1. The molecular weight excluding hydrogens is 484 g/mol. The number of benzene rings is 1. The lowest BCUT2D eigenvalue weighted by atomic mass is 10.0. The molecule has 0 unspecified atom stereocenters. The monoisotopic (exact) mass is 518 g/mol. The van der Waals surface area contributed by atoms with Gasteiger partial charge < -0.3 is 18.9 Å². The van der Waals surface area contributed by atoms with Crippen molar-refractivity contribution in [3.8, 4) is 17.1 Å². The number of carbonyl (C=O) groups is 1. The number of ether oxygens (including phenoxy) is 2. The topological polar surface area (TPSA) is 104 Å². The van der Waals surface area contributed by atoms with Crippen molar-refractivity contribution in [1.82, 2.24) is 29.2 Å². The van der Waals surface area contributed by atoms with Gasteiger partial charge in [0.15, 0.2) is 5.82 Å². The minimum absolute atomic E-state index is 0.00849. The maximum absolute atomic E-state index is 13.5. The molecule has 0 spiro atoms. The van der Waals surface area contributed by atoms with Crippen LogP contribution in [0.15, 0.2) is 35.5 Å². The average molecular weight is 519 g/mol. The molecule has 1 aliphatic carbocycles. The number of nitrogens with zero attached hydrogens (tertiary/aromatic N) is 6. The zero-order valence-electron chi connectivity index (χ0n) is 23.0. The van der Waals surface area contributed by atoms with Gasteiger partial charge in [-0.05, 0) is 59.1 Å². The lowest BCUT2D eigenvalue weighted by Gasteiger charge is -2.28. The van der Waals surface area contributed by atoms with Gasteiger partial charge in [0.25, 0.3) is 5.56 Å². The highest BCUT2D eigenvalue weighted by Crippen LogP contribution is 2.37. The Morgan fingerprint density at radius 3 is 2.71 bits per heavy atom. The van der Waals surface area contributed by atoms with Crippen molar-refractivity contribution < 1.29 is 14.3 Å². The predicted octanol–water partition coefficient (Wildman–Crippen LogP) is 4.62. The second-order valence-corrected chi connectivity index (χ2v) is 11.1. The number of rotatable bonds is 4. The van der Waals surface area contributed by atoms with E-state index in [1.807, 2.05) is 53.1 Å². The van der Waals surface area contributed by atoms with E-state index in [2.05, 4.69) is 10.1 Å². The molecule has 0 bridgehead atoms. The first-order valence-corrected chi connectivity index (χ1v) is 12.8. The highest BCUT2D eigenvalue weighted by Gasteiger charge is 2.33. The van der Waals surface area contributed by atoms with Crippen LogP contribution in [0.25, 0.3) is 33.2 Å². The SMILES string of the molecule is COc1c(-c2ncc3c(=O)n([C@H]4CC[C@@H](N(C)C(=O)OC(C)(C)C)C4)ccc3n2)cc2cn(C)nc2c1C. The lowest BCUT2D eigenvalue weighted by molar-refractivity contribution is 0.0224. The average Bonchev–Trinajstić information content (AvgIpc) is 3.49. The van der Waals surface area contributed by atoms with Gasteiger partial charge >= 0.3 is 6.09 Å². The number of hydrogen-bond donors (Lipinski definition) is 0. The molecule has 10 nitrogen and oxygen atoms in total. The molecule has 0 N–H and O–H groups in total. The second-order valence-electron chi connectivity index (χ2n) is 11.1. The summed E-state index contributed by atoms with van der Waals surface area (Å²) in [4.78, 5) is 36.9. The molecular formula is C28H34N6O4. The van der Waals surface area contributed by atoms with Crippen LogP contribution in [0.1, 0.15) is 51.6 Å². The van der Waals surface area contributed by atoms with E-state index >= 15 is 0 Å². The molecule has 3 heterocycles. The van der Waals surface area contributed by atoms with Crippen LogP contribution in [0.4, 0.5) is 4.79 Å². The van der Waals surface area contributed by atoms with E-state index in [0.717, 1.165) is 34.9 Å². The van der Waals surface area contributed by atoms with Crippen LogP contribution in [0.5, 0.6) is 5.75 Å². The number of aromatic nitrogens is 5. The smallest absolute Gasteiger partial charge is 0.410 e. The maximum Gasteiger partial charge on any atom is 0.410 e. The number of fused-ring (bicyclic) bond motifs is 2. The summed E-state index contributed by atoms with van der Waals surface area (Å²) >= 11 is 0. The molecule has 1 aromatic carbocycles. The summed E-state index contributed by atoms with van der Waals surface area (Å²) in [6.07, 6.45) is 7.28. The first kappa shape index (κ1) is 25.7. The molecule has 0 aliphatic heterocycles. The van der Waals surface area contributed by atoms with Crippen molar-refractivity contribution in [1.29, 1.82) is 0 Å². The fourth-order valence-electron chi connectivity index (χ4n) is 5.35. The molecule has 1 amide bonds. The third-order valence-electron chi connectivity index (χ3n) is 7.22. The van der Waals surface area contributed by atoms with E-state index in [1.54, 1.807) is 40.7 Å². The molecule has 1 saturated carbocycles. The zero-order chi connectivity index (χ0) is 27.4. The molecule has 10 heteroatoms. The van der Waals surface area contributed by atoms with Gasteiger partial charge in [-0.25, -0.2) is 14.8 Å².